The van der Waals surface area contributed by atoms with Crippen LogP contribution < -0.4 is 15.0 Å². The van der Waals surface area contributed by atoms with Gasteiger partial charge in [0.15, 0.2) is 5.13 Å². The highest BCUT2D eigenvalue weighted by Crippen LogP contribution is 2.40. The minimum absolute atomic E-state index is 0.0102. The predicted octanol–water partition coefficient (Wildman–Crippen LogP) is 8.29. The van der Waals surface area contributed by atoms with Crippen LogP contribution in [0.2, 0.25) is 0 Å². The van der Waals surface area contributed by atoms with Crippen molar-refractivity contribution in [3.8, 4) is 17.0 Å². The molecule has 0 saturated heterocycles. The molecule has 4 aromatic rings. The number of carboxylic acid groups (broad SMARTS) is 1. The molecule has 0 saturated carbocycles. The second-order valence-corrected chi connectivity index (χ2v) is 10.4. The van der Waals surface area contributed by atoms with E-state index >= 15 is 0 Å². The van der Waals surface area contributed by atoms with Crippen molar-refractivity contribution in [3.63, 3.8) is 0 Å². The molecule has 0 aliphatic carbocycles. The average Bonchev–Trinajstić information content (AvgIpc) is 3.45. The van der Waals surface area contributed by atoms with Crippen LogP contribution in [0.5, 0.6) is 5.75 Å². The van der Waals surface area contributed by atoms with Gasteiger partial charge in [0, 0.05) is 28.7 Å². The van der Waals surface area contributed by atoms with E-state index in [4.69, 9.17) is 5.11 Å². The number of amides is 1. The number of ether oxygens (including phenoxy) is 1. The number of alkyl halides is 9. The van der Waals surface area contributed by atoms with Gasteiger partial charge in [-0.1, -0.05) is 12.1 Å². The van der Waals surface area contributed by atoms with Crippen LogP contribution in [-0.2, 0) is 23.7 Å². The lowest BCUT2D eigenvalue weighted by molar-refractivity contribution is -0.274. The van der Waals surface area contributed by atoms with E-state index in [-0.39, 0.29) is 47.7 Å². The summed E-state index contributed by atoms with van der Waals surface area (Å²) in [7, 11) is 0. The molecule has 244 valence electrons. The van der Waals surface area contributed by atoms with E-state index in [1.807, 2.05) is 0 Å². The van der Waals surface area contributed by atoms with Crippen LogP contribution in [0, 0.1) is 0 Å². The molecule has 0 radical (unpaired) electrons. The standard InChI is InChI=1S/C29H20F9N3O4S/c30-27(31,32)19-11-18(12-20(13-19)28(33,34)35)23-15-46-26(40-23)41(21-5-7-22(8-6-21)45-29(36,37)38)14-16-1-3-17(4-2-16)25(44)39-10-9-24(42)43/h1-8,11-13,15H,9-10,14H2,(H,39,44)(H,42,43). The number of rotatable bonds is 10. The molecule has 0 aliphatic heterocycles. The first-order valence-electron chi connectivity index (χ1n) is 12.9. The molecule has 17 heteroatoms. The molecular weight excluding hydrogens is 657 g/mol. The number of nitrogens with zero attached hydrogens (tertiary/aromatic N) is 2. The normalized spacial score (nSPS) is 12.1. The van der Waals surface area contributed by atoms with Crippen LogP contribution in [0.3, 0.4) is 0 Å². The Morgan fingerprint density at radius 2 is 1.43 bits per heavy atom. The smallest absolute Gasteiger partial charge is 0.481 e. The Bertz CT molecular complexity index is 1650. The third-order valence-electron chi connectivity index (χ3n) is 6.17. The van der Waals surface area contributed by atoms with E-state index in [1.165, 1.54) is 46.7 Å². The maximum Gasteiger partial charge on any atom is 0.573 e. The van der Waals surface area contributed by atoms with Gasteiger partial charge in [-0.2, -0.15) is 26.3 Å². The summed E-state index contributed by atoms with van der Waals surface area (Å²) in [5.74, 6) is -2.19. The first-order chi connectivity index (χ1) is 21.4. The molecule has 1 aromatic heterocycles. The Morgan fingerprint density at radius 3 is 1.96 bits per heavy atom. The van der Waals surface area contributed by atoms with Gasteiger partial charge in [-0.3, -0.25) is 9.59 Å². The lowest BCUT2D eigenvalue weighted by Crippen LogP contribution is -2.26. The number of aromatic nitrogens is 1. The van der Waals surface area contributed by atoms with Crippen LogP contribution in [0.15, 0.2) is 72.1 Å². The fourth-order valence-corrected chi connectivity index (χ4v) is 4.90. The van der Waals surface area contributed by atoms with E-state index in [1.54, 1.807) is 0 Å². The lowest BCUT2D eigenvalue weighted by Gasteiger charge is -2.23. The van der Waals surface area contributed by atoms with Crippen molar-refractivity contribution in [3.05, 3.63) is 94.4 Å². The molecule has 1 amide bonds. The van der Waals surface area contributed by atoms with Gasteiger partial charge in [0.2, 0.25) is 0 Å². The molecule has 7 nitrogen and oxygen atoms in total. The highest BCUT2D eigenvalue weighted by Gasteiger charge is 2.37. The minimum atomic E-state index is -5.08. The van der Waals surface area contributed by atoms with E-state index in [0.717, 1.165) is 23.5 Å². The maximum atomic E-state index is 13.4. The highest BCUT2D eigenvalue weighted by molar-refractivity contribution is 7.14. The van der Waals surface area contributed by atoms with Gasteiger partial charge in [0.25, 0.3) is 5.91 Å². The second-order valence-electron chi connectivity index (χ2n) is 9.53. The Balaban J connectivity index is 1.68. The molecule has 0 aliphatic rings. The quantitative estimate of drug-likeness (QED) is 0.164. The zero-order chi connectivity index (χ0) is 33.9. The zero-order valence-electron chi connectivity index (χ0n) is 22.9. The van der Waals surface area contributed by atoms with Gasteiger partial charge in [-0.05, 0) is 60.2 Å². The molecule has 2 N–H and O–H groups in total. The number of carbonyl (C=O) groups excluding carboxylic acids is 1. The topological polar surface area (TPSA) is 91.8 Å². The van der Waals surface area contributed by atoms with E-state index in [0.29, 0.717) is 17.7 Å². The first kappa shape index (κ1) is 34.1. The number of halogens is 9. The van der Waals surface area contributed by atoms with Crippen LogP contribution in [0.25, 0.3) is 11.3 Å². The number of carboxylic acids is 1. The monoisotopic (exact) mass is 677 g/mol. The van der Waals surface area contributed by atoms with Crippen molar-refractivity contribution in [2.24, 2.45) is 0 Å². The van der Waals surface area contributed by atoms with Gasteiger partial charge in [0.1, 0.15) is 5.75 Å². The average molecular weight is 678 g/mol. The molecule has 0 unspecified atom stereocenters. The summed E-state index contributed by atoms with van der Waals surface area (Å²) in [5.41, 5.74) is -2.79. The fourth-order valence-electron chi connectivity index (χ4n) is 4.05. The summed E-state index contributed by atoms with van der Waals surface area (Å²) in [4.78, 5) is 28.7. The molecule has 46 heavy (non-hydrogen) atoms. The largest absolute Gasteiger partial charge is 0.573 e. The van der Waals surface area contributed by atoms with Gasteiger partial charge >= 0.3 is 24.7 Å². The molecular formula is C29H20F9N3O4S. The Morgan fingerprint density at radius 1 is 0.848 bits per heavy atom. The third kappa shape index (κ3) is 9.12. The van der Waals surface area contributed by atoms with Gasteiger partial charge in [-0.15, -0.1) is 24.5 Å². The highest BCUT2D eigenvalue weighted by atomic mass is 32.1. The van der Waals surface area contributed by atoms with Crippen LogP contribution >= 0.6 is 11.3 Å². The Hall–Kier alpha value is -4.80. The number of hydrogen-bond donors (Lipinski definition) is 2. The zero-order valence-corrected chi connectivity index (χ0v) is 23.7. The second kappa shape index (κ2) is 13.3. The maximum absolute atomic E-state index is 13.4. The molecule has 0 spiro atoms. The fraction of sp³-hybridized carbons (Fsp3) is 0.207. The summed E-state index contributed by atoms with van der Waals surface area (Å²) in [6, 6.07) is 11.5. The Labute approximate surface area is 257 Å². The minimum Gasteiger partial charge on any atom is -0.481 e. The van der Waals surface area contributed by atoms with Crippen LogP contribution in [-0.4, -0.2) is 34.9 Å². The van der Waals surface area contributed by atoms with E-state index in [2.05, 4.69) is 15.0 Å². The summed E-state index contributed by atoms with van der Waals surface area (Å²) in [5, 5.41) is 12.5. The van der Waals surface area contributed by atoms with Gasteiger partial charge in [0.05, 0.1) is 29.8 Å². The van der Waals surface area contributed by atoms with Crippen molar-refractivity contribution in [1.29, 1.82) is 0 Å². The third-order valence-corrected chi connectivity index (χ3v) is 7.03. The molecule has 3 aromatic carbocycles. The molecule has 1 heterocycles. The molecule has 0 atom stereocenters. The van der Waals surface area contributed by atoms with Crippen molar-refractivity contribution >= 4 is 34.0 Å². The number of anilines is 2. The first-order valence-corrected chi connectivity index (χ1v) is 13.7. The van der Waals surface area contributed by atoms with E-state index in [9.17, 15) is 49.1 Å². The number of carbonyl (C=O) groups is 2. The lowest BCUT2D eigenvalue weighted by atomic mass is 10.0. The molecule has 4 rings (SSSR count). The van der Waals surface area contributed by atoms with Crippen molar-refractivity contribution in [1.82, 2.24) is 10.3 Å². The van der Waals surface area contributed by atoms with Crippen molar-refractivity contribution < 1.29 is 58.9 Å². The number of benzene rings is 3. The van der Waals surface area contributed by atoms with Gasteiger partial charge in [-0.25, -0.2) is 4.98 Å². The van der Waals surface area contributed by atoms with Crippen molar-refractivity contribution in [2.45, 2.75) is 31.7 Å². The summed E-state index contributed by atoms with van der Waals surface area (Å²) >= 11 is 0.856. The molecule has 0 fully saturated rings. The number of aliphatic carboxylic acids is 1. The predicted molar refractivity (Wildman–Crippen MR) is 148 cm³/mol. The summed E-state index contributed by atoms with van der Waals surface area (Å²) < 4.78 is 123. The van der Waals surface area contributed by atoms with Crippen LogP contribution in [0.1, 0.15) is 33.5 Å². The van der Waals surface area contributed by atoms with Crippen molar-refractivity contribution in [2.75, 3.05) is 11.4 Å². The molecule has 0 bridgehead atoms. The van der Waals surface area contributed by atoms with E-state index < -0.39 is 53.0 Å². The number of thiazole rings is 1. The Kier molecular flexibility index (Phi) is 9.84. The van der Waals surface area contributed by atoms with Gasteiger partial charge < -0.3 is 20.1 Å². The number of nitrogens with one attached hydrogen (secondary N) is 1. The summed E-state index contributed by atoms with van der Waals surface area (Å²) in [6.07, 6.45) is -15.4. The SMILES string of the molecule is O=C(O)CCNC(=O)c1ccc(CN(c2ccc(OC(F)(F)F)cc2)c2nc(-c3cc(C(F)(F)F)cc(C(F)(F)F)c3)cs2)cc1. The number of hydrogen-bond acceptors (Lipinski definition) is 6. The van der Waals surface area contributed by atoms with Crippen LogP contribution in [0.4, 0.5) is 50.3 Å². The summed E-state index contributed by atoms with van der Waals surface area (Å²) in [6.45, 7) is -0.162.